The monoisotopic (exact) mass is 321 g/mol. The van der Waals surface area contributed by atoms with Crippen molar-refractivity contribution < 1.29 is 9.90 Å². The van der Waals surface area contributed by atoms with E-state index in [1.165, 1.54) is 11.8 Å². The van der Waals surface area contributed by atoms with E-state index in [4.69, 9.17) is 11.6 Å². The molecule has 2 rings (SSSR count). The number of carbonyl (C=O) groups excluding carboxylic acids is 1. The van der Waals surface area contributed by atoms with E-state index >= 15 is 0 Å². The van der Waals surface area contributed by atoms with E-state index in [1.54, 1.807) is 24.3 Å². The van der Waals surface area contributed by atoms with Crippen LogP contribution in [0.4, 0.5) is 0 Å². The number of aromatic hydroxyl groups is 1. The summed E-state index contributed by atoms with van der Waals surface area (Å²) in [5.74, 6) is 0.483. The minimum atomic E-state index is -0.133. The van der Waals surface area contributed by atoms with Crippen LogP contribution in [0.25, 0.3) is 0 Å². The summed E-state index contributed by atoms with van der Waals surface area (Å²) in [6.07, 6.45) is 0. The average Bonchev–Trinajstić information content (AvgIpc) is 2.47. The van der Waals surface area contributed by atoms with Crippen LogP contribution >= 0.6 is 23.4 Å². The molecule has 0 radical (unpaired) electrons. The Labute approximate surface area is 133 Å². The Morgan fingerprint density at radius 1 is 1.24 bits per heavy atom. The smallest absolute Gasteiger partial charge is 0.230 e. The number of carbonyl (C=O) groups is 1. The van der Waals surface area contributed by atoms with Crippen molar-refractivity contribution in [1.29, 1.82) is 0 Å². The second kappa shape index (κ2) is 7.38. The molecule has 0 bridgehead atoms. The third-order valence-electron chi connectivity index (χ3n) is 2.96. The largest absolute Gasteiger partial charge is 0.508 e. The van der Waals surface area contributed by atoms with Gasteiger partial charge in [-0.25, -0.2) is 0 Å². The van der Waals surface area contributed by atoms with Gasteiger partial charge in [0.1, 0.15) is 5.75 Å². The van der Waals surface area contributed by atoms with Crippen molar-refractivity contribution in [2.24, 2.45) is 0 Å². The Morgan fingerprint density at radius 2 is 1.90 bits per heavy atom. The number of hydrogen-bond acceptors (Lipinski definition) is 3. The second-order valence-corrected chi connectivity index (χ2v) is 6.05. The molecule has 0 aliphatic rings. The molecule has 1 atom stereocenters. The fourth-order valence-electron chi connectivity index (χ4n) is 1.88. The maximum Gasteiger partial charge on any atom is 0.230 e. The SMILES string of the molecule is CC(NC(=O)CSc1ccc(O)cc1)c1ccccc1Cl. The van der Waals surface area contributed by atoms with Crippen molar-refractivity contribution >= 4 is 29.3 Å². The standard InChI is InChI=1S/C16H16ClNO2S/c1-11(14-4-2-3-5-15(14)17)18-16(20)10-21-13-8-6-12(19)7-9-13/h2-9,11,19H,10H2,1H3,(H,18,20). The van der Waals surface area contributed by atoms with Crippen LogP contribution in [-0.4, -0.2) is 16.8 Å². The molecule has 0 heterocycles. The number of halogens is 1. The van der Waals surface area contributed by atoms with Gasteiger partial charge in [-0.15, -0.1) is 11.8 Å². The number of hydrogen-bond donors (Lipinski definition) is 2. The van der Waals surface area contributed by atoms with E-state index in [2.05, 4.69) is 5.32 Å². The molecule has 0 aromatic heterocycles. The summed E-state index contributed by atoms with van der Waals surface area (Å²) < 4.78 is 0. The van der Waals surface area contributed by atoms with Crippen LogP contribution < -0.4 is 5.32 Å². The van der Waals surface area contributed by atoms with Crippen LogP contribution in [0.1, 0.15) is 18.5 Å². The van der Waals surface area contributed by atoms with E-state index in [1.807, 2.05) is 31.2 Å². The van der Waals surface area contributed by atoms with Crippen molar-refractivity contribution in [2.45, 2.75) is 17.9 Å². The summed E-state index contributed by atoms with van der Waals surface area (Å²) in [6.45, 7) is 1.91. The van der Waals surface area contributed by atoms with Gasteiger partial charge >= 0.3 is 0 Å². The molecule has 2 aromatic carbocycles. The lowest BCUT2D eigenvalue weighted by molar-refractivity contribution is -0.119. The molecule has 0 saturated heterocycles. The Hall–Kier alpha value is -1.65. The number of amides is 1. The van der Waals surface area contributed by atoms with E-state index in [0.717, 1.165) is 10.5 Å². The molecular weight excluding hydrogens is 306 g/mol. The van der Waals surface area contributed by atoms with Gasteiger partial charge in [-0.2, -0.15) is 0 Å². The molecule has 3 nitrogen and oxygen atoms in total. The first-order valence-electron chi connectivity index (χ1n) is 6.52. The summed E-state index contributed by atoms with van der Waals surface area (Å²) in [6, 6.07) is 14.1. The first kappa shape index (κ1) is 15.7. The van der Waals surface area contributed by atoms with Crippen molar-refractivity contribution in [3.63, 3.8) is 0 Å². The van der Waals surface area contributed by atoms with Gasteiger partial charge in [0.05, 0.1) is 11.8 Å². The minimum absolute atomic E-state index is 0.0551. The van der Waals surface area contributed by atoms with Gasteiger partial charge in [-0.1, -0.05) is 29.8 Å². The number of phenols is 1. The van der Waals surface area contributed by atoms with Crippen molar-refractivity contribution in [1.82, 2.24) is 5.32 Å². The number of phenolic OH excluding ortho intramolecular Hbond substituents is 1. The zero-order chi connectivity index (χ0) is 15.2. The summed E-state index contributed by atoms with van der Waals surface area (Å²) in [5, 5.41) is 12.8. The minimum Gasteiger partial charge on any atom is -0.508 e. The number of nitrogens with one attached hydrogen (secondary N) is 1. The van der Waals surface area contributed by atoms with Crippen LogP contribution in [0.5, 0.6) is 5.75 Å². The van der Waals surface area contributed by atoms with Crippen LogP contribution in [0, 0.1) is 0 Å². The van der Waals surface area contributed by atoms with Gasteiger partial charge in [0.25, 0.3) is 0 Å². The predicted octanol–water partition coefficient (Wildman–Crippen LogP) is 4.02. The molecule has 2 N–H and O–H groups in total. The number of benzene rings is 2. The highest BCUT2D eigenvalue weighted by molar-refractivity contribution is 8.00. The van der Waals surface area contributed by atoms with Crippen LogP contribution in [0.2, 0.25) is 5.02 Å². The van der Waals surface area contributed by atoms with E-state index in [9.17, 15) is 9.90 Å². The predicted molar refractivity (Wildman–Crippen MR) is 86.8 cm³/mol. The Kier molecular flexibility index (Phi) is 5.53. The van der Waals surface area contributed by atoms with Crippen molar-refractivity contribution in [2.75, 3.05) is 5.75 Å². The topological polar surface area (TPSA) is 49.3 Å². The van der Waals surface area contributed by atoms with Gasteiger partial charge in [0.15, 0.2) is 0 Å². The highest BCUT2D eigenvalue weighted by atomic mass is 35.5. The van der Waals surface area contributed by atoms with E-state index in [0.29, 0.717) is 10.8 Å². The van der Waals surface area contributed by atoms with Gasteiger partial charge in [-0.3, -0.25) is 4.79 Å². The zero-order valence-electron chi connectivity index (χ0n) is 11.5. The normalized spacial score (nSPS) is 11.9. The summed E-state index contributed by atoms with van der Waals surface area (Å²) in [4.78, 5) is 12.9. The quantitative estimate of drug-likeness (QED) is 0.818. The van der Waals surface area contributed by atoms with Gasteiger partial charge in [0, 0.05) is 9.92 Å². The third-order valence-corrected chi connectivity index (χ3v) is 4.31. The molecule has 1 unspecified atom stereocenters. The lowest BCUT2D eigenvalue weighted by Crippen LogP contribution is -2.28. The van der Waals surface area contributed by atoms with Crippen molar-refractivity contribution in [3.05, 3.63) is 59.1 Å². The summed E-state index contributed by atoms with van der Waals surface area (Å²) in [7, 11) is 0. The number of thioether (sulfide) groups is 1. The summed E-state index contributed by atoms with van der Waals surface area (Å²) >= 11 is 7.53. The maximum absolute atomic E-state index is 12.0. The molecule has 0 fully saturated rings. The lowest BCUT2D eigenvalue weighted by Gasteiger charge is -2.15. The highest BCUT2D eigenvalue weighted by Crippen LogP contribution is 2.23. The first-order valence-corrected chi connectivity index (χ1v) is 7.88. The second-order valence-electron chi connectivity index (χ2n) is 4.59. The van der Waals surface area contributed by atoms with Gasteiger partial charge in [0.2, 0.25) is 5.91 Å². The molecule has 0 aliphatic heterocycles. The van der Waals surface area contributed by atoms with Crippen LogP contribution in [0.15, 0.2) is 53.4 Å². The Morgan fingerprint density at radius 3 is 2.57 bits per heavy atom. The summed E-state index contributed by atoms with van der Waals surface area (Å²) in [5.41, 5.74) is 0.905. The van der Waals surface area contributed by atoms with E-state index in [-0.39, 0.29) is 17.7 Å². The maximum atomic E-state index is 12.0. The molecule has 0 aliphatic carbocycles. The fraction of sp³-hybridized carbons (Fsp3) is 0.188. The lowest BCUT2D eigenvalue weighted by atomic mass is 10.1. The van der Waals surface area contributed by atoms with Crippen molar-refractivity contribution in [3.8, 4) is 5.75 Å². The molecule has 110 valence electrons. The highest BCUT2D eigenvalue weighted by Gasteiger charge is 2.12. The third kappa shape index (κ3) is 4.69. The van der Waals surface area contributed by atoms with Crippen LogP contribution in [0.3, 0.4) is 0 Å². The molecule has 1 amide bonds. The first-order chi connectivity index (χ1) is 10.1. The molecule has 5 heteroatoms. The fourth-order valence-corrected chi connectivity index (χ4v) is 2.89. The van der Waals surface area contributed by atoms with Gasteiger partial charge < -0.3 is 10.4 Å². The number of rotatable bonds is 5. The molecule has 0 spiro atoms. The molecule has 0 saturated carbocycles. The Balaban J connectivity index is 1.87. The molecule has 2 aromatic rings. The molecular formula is C16H16ClNO2S. The van der Waals surface area contributed by atoms with Crippen LogP contribution in [-0.2, 0) is 4.79 Å². The van der Waals surface area contributed by atoms with Gasteiger partial charge in [-0.05, 0) is 42.8 Å². The molecule has 21 heavy (non-hydrogen) atoms. The van der Waals surface area contributed by atoms with E-state index < -0.39 is 0 Å². The average molecular weight is 322 g/mol. The Bertz CT molecular complexity index is 616. The zero-order valence-corrected chi connectivity index (χ0v) is 13.1.